The van der Waals surface area contributed by atoms with E-state index in [-0.39, 0.29) is 6.61 Å². The first kappa shape index (κ1) is 19.1. The van der Waals surface area contributed by atoms with Crippen LogP contribution in [0.2, 0.25) is 0 Å². The van der Waals surface area contributed by atoms with Crippen LogP contribution in [0.5, 0.6) is 5.75 Å². The average Bonchev–Trinajstić information content (AvgIpc) is 3.31. The highest BCUT2D eigenvalue weighted by Crippen LogP contribution is 2.37. The highest BCUT2D eigenvalue weighted by molar-refractivity contribution is 5.21. The van der Waals surface area contributed by atoms with Crippen molar-refractivity contribution in [2.24, 2.45) is 0 Å². The van der Waals surface area contributed by atoms with Gasteiger partial charge in [-0.2, -0.15) is 0 Å². The van der Waals surface area contributed by atoms with Crippen LogP contribution in [0.25, 0.3) is 0 Å². The Hall–Kier alpha value is -3.28. The van der Waals surface area contributed by atoms with E-state index in [1.807, 2.05) is 30.3 Å². The molecule has 0 saturated carbocycles. The lowest BCUT2D eigenvalue weighted by atomic mass is 10.1. The van der Waals surface area contributed by atoms with Crippen LogP contribution < -0.4 is 16.0 Å². The van der Waals surface area contributed by atoms with Gasteiger partial charge in [0, 0.05) is 12.3 Å². The molecule has 4 rings (SSSR count). The van der Waals surface area contributed by atoms with Gasteiger partial charge >= 0.3 is 5.69 Å². The minimum absolute atomic E-state index is 0.153. The van der Waals surface area contributed by atoms with Crippen LogP contribution in [0.1, 0.15) is 18.0 Å². The quantitative estimate of drug-likeness (QED) is 0.487. The third-order valence-corrected chi connectivity index (χ3v) is 4.64. The van der Waals surface area contributed by atoms with Crippen LogP contribution in [0.4, 0.5) is 0 Å². The lowest BCUT2D eigenvalue weighted by molar-refractivity contribution is -0.0479. The van der Waals surface area contributed by atoms with Crippen LogP contribution in [0.15, 0.2) is 58.4 Å². The second-order valence-electron chi connectivity index (χ2n) is 6.54. The zero-order valence-electron chi connectivity index (χ0n) is 15.2. The van der Waals surface area contributed by atoms with Gasteiger partial charge in [0.25, 0.3) is 5.56 Å². The van der Waals surface area contributed by atoms with E-state index in [2.05, 4.69) is 15.3 Å². The Balaban J connectivity index is 1.59. The third-order valence-electron chi connectivity index (χ3n) is 4.64. The van der Waals surface area contributed by atoms with Crippen molar-refractivity contribution in [3.8, 4) is 5.75 Å². The van der Waals surface area contributed by atoms with Gasteiger partial charge in [-0.15, -0.1) is 5.10 Å². The molecular formula is C18H19N5O6. The summed E-state index contributed by atoms with van der Waals surface area (Å²) in [4.78, 5) is 25.7. The molecule has 29 heavy (non-hydrogen) atoms. The molecule has 2 aromatic heterocycles. The van der Waals surface area contributed by atoms with E-state index >= 15 is 0 Å². The molecule has 3 aromatic rings. The molecule has 0 bridgehead atoms. The van der Waals surface area contributed by atoms with E-state index in [4.69, 9.17) is 9.47 Å². The van der Waals surface area contributed by atoms with Crippen molar-refractivity contribution in [1.29, 1.82) is 0 Å². The molecule has 0 aliphatic carbocycles. The Bertz CT molecular complexity index is 1080. The number of benzene rings is 1. The van der Waals surface area contributed by atoms with Crippen molar-refractivity contribution in [3.63, 3.8) is 0 Å². The highest BCUT2D eigenvalue weighted by atomic mass is 16.5. The number of aliphatic hydroxyl groups is 2. The maximum Gasteiger partial charge on any atom is 0.330 e. The van der Waals surface area contributed by atoms with Gasteiger partial charge < -0.3 is 19.7 Å². The van der Waals surface area contributed by atoms with Crippen molar-refractivity contribution in [2.75, 3.05) is 6.61 Å². The first-order valence-corrected chi connectivity index (χ1v) is 8.91. The van der Waals surface area contributed by atoms with Crippen LogP contribution >= 0.6 is 0 Å². The average molecular weight is 401 g/mol. The topological polar surface area (TPSA) is 144 Å². The standard InChI is InChI=1S/C18H19N5O6/c24-9-13-16(26)15(17(29-13)22-7-6-14(25)19-18(22)27)23-8-11(20-21-23)10-28-12-4-2-1-3-5-12/h1-8,13,15-17,24,26H,9-10H2,(H,19,25,27)/t13-,15-,16-,17-/m1/s1. The summed E-state index contributed by atoms with van der Waals surface area (Å²) < 4.78 is 13.8. The number of rotatable bonds is 6. The normalized spacial score (nSPS) is 23.9. The van der Waals surface area contributed by atoms with Gasteiger partial charge in [-0.25, -0.2) is 9.48 Å². The predicted molar refractivity (Wildman–Crippen MR) is 98.2 cm³/mol. The zero-order valence-corrected chi connectivity index (χ0v) is 15.2. The molecular weight excluding hydrogens is 382 g/mol. The van der Waals surface area contributed by atoms with E-state index in [9.17, 15) is 19.8 Å². The van der Waals surface area contributed by atoms with Gasteiger partial charge in [-0.1, -0.05) is 23.4 Å². The molecule has 0 unspecified atom stereocenters. The number of nitrogens with zero attached hydrogens (tertiary/aromatic N) is 4. The van der Waals surface area contributed by atoms with E-state index in [0.717, 1.165) is 4.57 Å². The van der Waals surface area contributed by atoms with Crippen LogP contribution in [0, 0.1) is 0 Å². The number of aliphatic hydroxyl groups excluding tert-OH is 2. The summed E-state index contributed by atoms with van der Waals surface area (Å²) in [5, 5.41) is 28.2. The molecule has 0 spiro atoms. The molecule has 1 aromatic carbocycles. The Kier molecular flexibility index (Phi) is 5.25. The minimum atomic E-state index is -1.16. The molecule has 1 saturated heterocycles. The number of hydrogen-bond donors (Lipinski definition) is 3. The fourth-order valence-corrected chi connectivity index (χ4v) is 3.22. The molecule has 1 aliphatic heterocycles. The maximum absolute atomic E-state index is 12.2. The van der Waals surface area contributed by atoms with Crippen molar-refractivity contribution < 1.29 is 19.7 Å². The second kappa shape index (κ2) is 7.99. The number of aromatic nitrogens is 5. The fourth-order valence-electron chi connectivity index (χ4n) is 3.22. The summed E-state index contributed by atoms with van der Waals surface area (Å²) in [6, 6.07) is 9.50. The summed E-state index contributed by atoms with van der Waals surface area (Å²) in [5.74, 6) is 0.671. The molecule has 1 aliphatic rings. The van der Waals surface area contributed by atoms with E-state index in [0.29, 0.717) is 11.4 Å². The Morgan fingerprint density at radius 3 is 2.72 bits per heavy atom. The molecule has 4 atom stereocenters. The molecule has 0 amide bonds. The van der Waals surface area contributed by atoms with Gasteiger partial charge in [0.1, 0.15) is 36.3 Å². The Morgan fingerprint density at radius 2 is 2.00 bits per heavy atom. The molecule has 0 radical (unpaired) electrons. The summed E-state index contributed by atoms with van der Waals surface area (Å²) >= 11 is 0. The molecule has 152 valence electrons. The molecule has 11 nitrogen and oxygen atoms in total. The van der Waals surface area contributed by atoms with Gasteiger partial charge in [0.05, 0.1) is 12.8 Å². The molecule has 3 N–H and O–H groups in total. The smallest absolute Gasteiger partial charge is 0.330 e. The SMILES string of the molecule is O=c1ccn([C@@H]2O[C@H](CO)[C@@H](O)[C@H]2n2cc(COc3ccccc3)nn2)c(=O)[nH]1. The van der Waals surface area contributed by atoms with Gasteiger partial charge in [0.15, 0.2) is 6.23 Å². The maximum atomic E-state index is 12.2. The van der Waals surface area contributed by atoms with Gasteiger partial charge in [0.2, 0.25) is 0 Å². The summed E-state index contributed by atoms with van der Waals surface area (Å²) in [5.41, 5.74) is -0.756. The third kappa shape index (κ3) is 3.83. The van der Waals surface area contributed by atoms with Crippen molar-refractivity contribution in [1.82, 2.24) is 24.5 Å². The fraction of sp³-hybridized carbons (Fsp3) is 0.333. The van der Waals surface area contributed by atoms with E-state index in [1.54, 1.807) is 6.20 Å². The molecule has 3 heterocycles. The lowest BCUT2D eigenvalue weighted by Gasteiger charge is -2.21. The molecule has 1 fully saturated rings. The number of H-pyrrole nitrogens is 1. The van der Waals surface area contributed by atoms with E-state index < -0.39 is 42.3 Å². The molecule has 11 heteroatoms. The largest absolute Gasteiger partial charge is 0.487 e. The number of nitrogens with one attached hydrogen (secondary N) is 1. The number of para-hydroxylation sites is 1. The minimum Gasteiger partial charge on any atom is -0.487 e. The number of ether oxygens (including phenoxy) is 2. The zero-order chi connectivity index (χ0) is 20.4. The van der Waals surface area contributed by atoms with Crippen molar-refractivity contribution in [3.05, 3.63) is 75.3 Å². The predicted octanol–water partition coefficient (Wildman–Crippen LogP) is -0.801. The van der Waals surface area contributed by atoms with E-state index in [1.165, 1.54) is 16.9 Å². The summed E-state index contributed by atoms with van der Waals surface area (Å²) in [6.45, 7) is -0.300. The second-order valence-corrected chi connectivity index (χ2v) is 6.54. The number of hydrogen-bond acceptors (Lipinski definition) is 8. The summed E-state index contributed by atoms with van der Waals surface area (Å²) in [6.07, 6.45) is -0.257. The monoisotopic (exact) mass is 401 g/mol. The van der Waals surface area contributed by atoms with Crippen molar-refractivity contribution in [2.45, 2.75) is 31.1 Å². The van der Waals surface area contributed by atoms with Crippen LogP contribution in [-0.2, 0) is 11.3 Å². The highest BCUT2D eigenvalue weighted by Gasteiger charge is 2.46. The van der Waals surface area contributed by atoms with Gasteiger partial charge in [-0.05, 0) is 12.1 Å². The summed E-state index contributed by atoms with van der Waals surface area (Å²) in [7, 11) is 0. The van der Waals surface area contributed by atoms with Gasteiger partial charge in [-0.3, -0.25) is 14.3 Å². The Labute approximate surface area is 163 Å². The Morgan fingerprint density at radius 1 is 1.21 bits per heavy atom. The van der Waals surface area contributed by atoms with Crippen LogP contribution in [-0.4, -0.2) is 53.6 Å². The first-order valence-electron chi connectivity index (χ1n) is 8.91. The lowest BCUT2D eigenvalue weighted by Crippen LogP contribution is -2.36. The van der Waals surface area contributed by atoms with Crippen molar-refractivity contribution >= 4 is 0 Å². The first-order chi connectivity index (χ1) is 14.1. The van der Waals surface area contributed by atoms with Crippen LogP contribution in [0.3, 0.4) is 0 Å². The number of aromatic amines is 1.